The van der Waals surface area contributed by atoms with Crippen molar-refractivity contribution in [1.82, 2.24) is 0 Å². The first kappa shape index (κ1) is 29.5. The monoisotopic (exact) mass is 540 g/mol. The third kappa shape index (κ3) is 6.68. The zero-order valence-corrected chi connectivity index (χ0v) is 23.0. The molecule has 0 aliphatic rings. The molecule has 0 unspecified atom stereocenters. The largest absolute Gasteiger partial charge is 0.507 e. The van der Waals surface area contributed by atoms with Crippen LogP contribution in [-0.4, -0.2) is 35.9 Å². The van der Waals surface area contributed by atoms with E-state index in [4.69, 9.17) is 25.4 Å². The first-order chi connectivity index (χ1) is 18.3. The Morgan fingerprint density at radius 1 is 0.846 bits per heavy atom. The predicted molar refractivity (Wildman–Crippen MR) is 147 cm³/mol. The molecule has 0 aliphatic carbocycles. The van der Waals surface area contributed by atoms with E-state index in [2.05, 4.69) is 0 Å². The van der Waals surface area contributed by atoms with Gasteiger partial charge in [0.1, 0.15) is 33.8 Å². The van der Waals surface area contributed by atoms with Crippen LogP contribution in [0.4, 0.5) is 0 Å². The molecule has 210 valence electrons. The highest BCUT2D eigenvalue weighted by Crippen LogP contribution is 2.40. The standard InChI is InChI=1S/C29H36N2O8/c1-14(2)6-8-17-19(37-12-23(30)33)10-22-27(28(17)35)29(36)26-18(9-7-15(3)4)25(16(5)32)20(11-21(26)39-22)38-13-24(31)34/h10-11,14-15,35H,6-9,12-13H2,1-5H3,(H2,30,33)(H2,31,34). The number of phenols is 1. The summed E-state index contributed by atoms with van der Waals surface area (Å²) in [7, 11) is 0. The van der Waals surface area contributed by atoms with Crippen molar-refractivity contribution < 1.29 is 33.4 Å². The lowest BCUT2D eigenvalue weighted by atomic mass is 9.91. The van der Waals surface area contributed by atoms with Crippen LogP contribution >= 0.6 is 0 Å². The molecule has 2 aromatic carbocycles. The summed E-state index contributed by atoms with van der Waals surface area (Å²) >= 11 is 0. The fraction of sp³-hybridized carbons (Fsp3) is 0.448. The van der Waals surface area contributed by atoms with Gasteiger partial charge in [0.2, 0.25) is 5.43 Å². The number of Topliss-reactive ketones (excluding diaryl/α,β-unsaturated/α-hetero) is 1. The maximum Gasteiger partial charge on any atom is 0.255 e. The molecular formula is C29H36N2O8. The molecule has 0 saturated carbocycles. The molecule has 0 saturated heterocycles. The second kappa shape index (κ2) is 12.2. The number of hydrogen-bond donors (Lipinski definition) is 3. The van der Waals surface area contributed by atoms with Gasteiger partial charge in [-0.3, -0.25) is 19.2 Å². The van der Waals surface area contributed by atoms with E-state index in [9.17, 15) is 24.3 Å². The maximum absolute atomic E-state index is 14.0. The summed E-state index contributed by atoms with van der Waals surface area (Å²) in [4.78, 5) is 49.7. The fourth-order valence-electron chi connectivity index (χ4n) is 4.51. The van der Waals surface area contributed by atoms with Crippen molar-refractivity contribution in [2.45, 2.75) is 60.3 Å². The highest BCUT2D eigenvalue weighted by atomic mass is 16.5. The molecule has 10 nitrogen and oxygen atoms in total. The predicted octanol–water partition coefficient (Wildman–Crippen LogP) is 3.76. The molecule has 0 bridgehead atoms. The topological polar surface area (TPSA) is 172 Å². The molecule has 1 heterocycles. The van der Waals surface area contributed by atoms with Crippen LogP contribution in [-0.2, 0) is 22.4 Å². The zero-order valence-electron chi connectivity index (χ0n) is 23.0. The number of benzene rings is 2. The minimum Gasteiger partial charge on any atom is -0.507 e. The average Bonchev–Trinajstić information content (AvgIpc) is 2.83. The van der Waals surface area contributed by atoms with Crippen LogP contribution in [0.1, 0.15) is 68.9 Å². The number of rotatable bonds is 13. The second-order valence-electron chi connectivity index (χ2n) is 10.5. The smallest absolute Gasteiger partial charge is 0.255 e. The van der Waals surface area contributed by atoms with E-state index in [0.717, 1.165) is 0 Å². The Morgan fingerprint density at radius 2 is 1.33 bits per heavy atom. The number of ketones is 1. The summed E-state index contributed by atoms with van der Waals surface area (Å²) < 4.78 is 17.3. The maximum atomic E-state index is 14.0. The number of carbonyl (C=O) groups excluding carboxylic acids is 3. The Morgan fingerprint density at radius 3 is 1.85 bits per heavy atom. The van der Waals surface area contributed by atoms with Gasteiger partial charge >= 0.3 is 0 Å². The van der Waals surface area contributed by atoms with Crippen molar-refractivity contribution in [3.05, 3.63) is 39.0 Å². The molecule has 3 rings (SSSR count). The number of phenolic OH excluding ortho intramolecular Hbond substituents is 1. The van der Waals surface area contributed by atoms with Gasteiger partial charge in [-0.2, -0.15) is 0 Å². The molecule has 0 atom stereocenters. The van der Waals surface area contributed by atoms with Crippen LogP contribution < -0.4 is 26.4 Å². The lowest BCUT2D eigenvalue weighted by Crippen LogP contribution is -2.21. The van der Waals surface area contributed by atoms with Gasteiger partial charge in [0.05, 0.1) is 10.9 Å². The number of fused-ring (bicyclic) bond motifs is 2. The van der Waals surface area contributed by atoms with Crippen LogP contribution in [0.15, 0.2) is 21.3 Å². The number of aryl methyl sites for hydroxylation is 1. The molecule has 3 aromatic rings. The summed E-state index contributed by atoms with van der Waals surface area (Å²) in [6.45, 7) is 8.52. The Balaban J connectivity index is 2.43. The van der Waals surface area contributed by atoms with Crippen molar-refractivity contribution in [3.63, 3.8) is 0 Å². The molecule has 0 aliphatic heterocycles. The highest BCUT2D eigenvalue weighted by Gasteiger charge is 2.26. The minimum atomic E-state index is -0.733. The van der Waals surface area contributed by atoms with E-state index in [-0.39, 0.29) is 62.4 Å². The molecule has 0 fully saturated rings. The van der Waals surface area contributed by atoms with Crippen molar-refractivity contribution in [2.75, 3.05) is 13.2 Å². The van der Waals surface area contributed by atoms with Gasteiger partial charge in [-0.15, -0.1) is 0 Å². The molecular weight excluding hydrogens is 504 g/mol. The van der Waals surface area contributed by atoms with E-state index in [1.807, 2.05) is 27.7 Å². The highest BCUT2D eigenvalue weighted by molar-refractivity contribution is 6.05. The molecule has 39 heavy (non-hydrogen) atoms. The van der Waals surface area contributed by atoms with E-state index < -0.39 is 30.5 Å². The molecule has 1 aromatic heterocycles. The Hall–Kier alpha value is -4.08. The molecule has 10 heteroatoms. The zero-order chi connectivity index (χ0) is 29.0. The van der Waals surface area contributed by atoms with E-state index in [1.165, 1.54) is 19.1 Å². The molecule has 2 amide bonds. The van der Waals surface area contributed by atoms with Gasteiger partial charge in [-0.25, -0.2) is 0 Å². The van der Waals surface area contributed by atoms with Crippen LogP contribution in [0.3, 0.4) is 0 Å². The lowest BCUT2D eigenvalue weighted by molar-refractivity contribution is -0.120. The summed E-state index contributed by atoms with van der Waals surface area (Å²) in [5, 5.41) is 11.4. The van der Waals surface area contributed by atoms with Gasteiger partial charge in [0.15, 0.2) is 19.0 Å². The van der Waals surface area contributed by atoms with Gasteiger partial charge in [-0.1, -0.05) is 27.7 Å². The number of amides is 2. The fourth-order valence-corrected chi connectivity index (χ4v) is 4.51. The Kier molecular flexibility index (Phi) is 9.21. The number of aromatic hydroxyl groups is 1. The van der Waals surface area contributed by atoms with E-state index in [0.29, 0.717) is 36.8 Å². The van der Waals surface area contributed by atoms with Crippen molar-refractivity contribution in [1.29, 1.82) is 0 Å². The molecule has 5 N–H and O–H groups in total. The lowest BCUT2D eigenvalue weighted by Gasteiger charge is -2.18. The van der Waals surface area contributed by atoms with E-state index in [1.54, 1.807) is 0 Å². The van der Waals surface area contributed by atoms with Gasteiger partial charge in [0, 0.05) is 17.7 Å². The van der Waals surface area contributed by atoms with Crippen LogP contribution in [0.25, 0.3) is 21.9 Å². The quantitative estimate of drug-likeness (QED) is 0.217. The summed E-state index contributed by atoms with van der Waals surface area (Å²) in [6.07, 6.45) is 2.06. The van der Waals surface area contributed by atoms with Gasteiger partial charge in [-0.05, 0) is 50.0 Å². The van der Waals surface area contributed by atoms with Crippen LogP contribution in [0, 0.1) is 11.8 Å². The summed E-state index contributed by atoms with van der Waals surface area (Å²) in [5.74, 6) is -1.32. The van der Waals surface area contributed by atoms with Crippen molar-refractivity contribution in [2.24, 2.45) is 23.3 Å². The number of hydrogen-bond acceptors (Lipinski definition) is 8. The van der Waals surface area contributed by atoms with Crippen LogP contribution in [0.2, 0.25) is 0 Å². The van der Waals surface area contributed by atoms with Gasteiger partial charge in [0.25, 0.3) is 11.8 Å². The van der Waals surface area contributed by atoms with E-state index >= 15 is 0 Å². The third-order valence-corrected chi connectivity index (χ3v) is 6.40. The number of ether oxygens (including phenoxy) is 2. The average molecular weight is 541 g/mol. The van der Waals surface area contributed by atoms with Crippen LogP contribution in [0.5, 0.6) is 17.2 Å². The normalized spacial score (nSPS) is 11.5. The minimum absolute atomic E-state index is 0.0176. The summed E-state index contributed by atoms with van der Waals surface area (Å²) in [5.41, 5.74) is 11.1. The van der Waals surface area contributed by atoms with Gasteiger partial charge < -0.3 is 30.5 Å². The van der Waals surface area contributed by atoms with Crippen molar-refractivity contribution >= 4 is 39.5 Å². The molecule has 0 radical (unpaired) electrons. The second-order valence-corrected chi connectivity index (χ2v) is 10.5. The Labute approximate surface area is 226 Å². The summed E-state index contributed by atoms with van der Waals surface area (Å²) in [6, 6.07) is 2.83. The SMILES string of the molecule is CC(=O)c1c(OCC(N)=O)cc2oc3cc(OCC(N)=O)c(CCC(C)C)c(O)c3c(=O)c2c1CCC(C)C. The molecule has 0 spiro atoms. The number of nitrogens with two attached hydrogens (primary N) is 2. The number of carbonyl (C=O) groups is 3. The number of primary amides is 2. The third-order valence-electron chi connectivity index (χ3n) is 6.40. The Bertz CT molecular complexity index is 1490. The van der Waals surface area contributed by atoms with Crippen molar-refractivity contribution in [3.8, 4) is 17.2 Å². The first-order valence-electron chi connectivity index (χ1n) is 13.0. The first-order valence-corrected chi connectivity index (χ1v) is 13.0.